The fraction of sp³-hybridized carbons (Fsp3) is 0.0556. The lowest BCUT2D eigenvalue weighted by atomic mass is 10.2. The Kier molecular flexibility index (Phi) is 4.78. The van der Waals surface area contributed by atoms with Gasteiger partial charge in [-0.05, 0) is 49.4 Å². The van der Waals surface area contributed by atoms with Crippen LogP contribution in [-0.4, -0.2) is 9.97 Å². The van der Waals surface area contributed by atoms with Gasteiger partial charge in [-0.15, -0.1) is 0 Å². The van der Waals surface area contributed by atoms with E-state index in [1.165, 1.54) is 12.1 Å². The van der Waals surface area contributed by atoms with Crippen molar-refractivity contribution in [1.29, 1.82) is 5.26 Å². The van der Waals surface area contributed by atoms with E-state index in [0.29, 0.717) is 23.0 Å². The molecule has 0 amide bonds. The lowest BCUT2D eigenvalue weighted by Crippen LogP contribution is -2.02. The van der Waals surface area contributed by atoms with Gasteiger partial charge in [-0.3, -0.25) is 0 Å². The molecule has 3 rings (SSSR count). The first-order valence-corrected chi connectivity index (χ1v) is 7.76. The van der Waals surface area contributed by atoms with Gasteiger partial charge in [-0.25, -0.2) is 9.37 Å². The van der Waals surface area contributed by atoms with E-state index in [0.717, 1.165) is 11.4 Å². The Morgan fingerprint density at radius 1 is 1.00 bits per heavy atom. The highest BCUT2D eigenvalue weighted by Crippen LogP contribution is 2.23. The van der Waals surface area contributed by atoms with Crippen molar-refractivity contribution in [3.8, 4) is 6.07 Å². The summed E-state index contributed by atoms with van der Waals surface area (Å²) in [5.41, 5.74) is 2.72. The molecule has 0 aliphatic carbocycles. The molecule has 3 aromatic rings. The van der Waals surface area contributed by atoms with Crippen LogP contribution < -0.4 is 10.6 Å². The van der Waals surface area contributed by atoms with E-state index in [-0.39, 0.29) is 5.02 Å². The normalized spacial score (nSPS) is 10.2. The third kappa shape index (κ3) is 4.22. The summed E-state index contributed by atoms with van der Waals surface area (Å²) in [6, 6.07) is 15.2. The van der Waals surface area contributed by atoms with Crippen LogP contribution in [0.3, 0.4) is 0 Å². The lowest BCUT2D eigenvalue weighted by Gasteiger charge is -2.10. The molecule has 1 aromatic heterocycles. The van der Waals surface area contributed by atoms with Crippen molar-refractivity contribution in [3.05, 3.63) is 70.6 Å². The molecule has 1 heterocycles. The van der Waals surface area contributed by atoms with Crippen molar-refractivity contribution in [1.82, 2.24) is 9.97 Å². The van der Waals surface area contributed by atoms with E-state index in [9.17, 15) is 4.39 Å². The first kappa shape index (κ1) is 16.7. The molecule has 5 nitrogen and oxygen atoms in total. The zero-order valence-corrected chi connectivity index (χ0v) is 14.0. The van der Waals surface area contributed by atoms with Gasteiger partial charge in [-0.2, -0.15) is 10.2 Å². The number of halogens is 2. The van der Waals surface area contributed by atoms with Crippen molar-refractivity contribution in [2.24, 2.45) is 0 Å². The van der Waals surface area contributed by atoms with E-state index in [4.69, 9.17) is 16.9 Å². The zero-order valence-electron chi connectivity index (χ0n) is 13.2. The molecule has 2 N–H and O–H groups in total. The number of nitrogens with one attached hydrogen (secondary N) is 2. The number of hydrogen-bond acceptors (Lipinski definition) is 5. The summed E-state index contributed by atoms with van der Waals surface area (Å²) < 4.78 is 13.2. The predicted molar refractivity (Wildman–Crippen MR) is 95.9 cm³/mol. The lowest BCUT2D eigenvalue weighted by molar-refractivity contribution is 0.628. The van der Waals surface area contributed by atoms with Crippen LogP contribution in [-0.2, 0) is 0 Å². The Morgan fingerprint density at radius 3 is 2.40 bits per heavy atom. The fourth-order valence-electron chi connectivity index (χ4n) is 2.17. The minimum absolute atomic E-state index is 0.0218. The van der Waals surface area contributed by atoms with Crippen LogP contribution in [0.25, 0.3) is 0 Å². The van der Waals surface area contributed by atoms with Crippen LogP contribution in [0.5, 0.6) is 0 Å². The average molecular weight is 354 g/mol. The number of aryl methyl sites for hydroxylation is 1. The van der Waals surface area contributed by atoms with Gasteiger partial charge in [0, 0.05) is 23.1 Å². The first-order valence-electron chi connectivity index (χ1n) is 7.38. The SMILES string of the molecule is Cc1cc(Nc2ccc(C#N)cc2)nc(Nc2ccc(F)c(Cl)c2)n1. The van der Waals surface area contributed by atoms with Gasteiger partial charge >= 0.3 is 0 Å². The van der Waals surface area contributed by atoms with Gasteiger partial charge in [0.1, 0.15) is 11.6 Å². The third-order valence-corrected chi connectivity index (χ3v) is 3.61. The number of nitrogens with zero attached hydrogens (tertiary/aromatic N) is 3. The molecule has 0 aliphatic rings. The largest absolute Gasteiger partial charge is 0.340 e. The molecule has 7 heteroatoms. The molecule has 0 fully saturated rings. The number of aromatic nitrogens is 2. The number of benzene rings is 2. The monoisotopic (exact) mass is 353 g/mol. The van der Waals surface area contributed by atoms with E-state index >= 15 is 0 Å². The maximum absolute atomic E-state index is 13.2. The van der Waals surface area contributed by atoms with Crippen molar-refractivity contribution in [2.75, 3.05) is 10.6 Å². The molecule has 0 atom stereocenters. The van der Waals surface area contributed by atoms with Gasteiger partial charge in [0.05, 0.1) is 16.7 Å². The third-order valence-electron chi connectivity index (χ3n) is 3.32. The molecule has 0 radical (unpaired) electrons. The Balaban J connectivity index is 1.82. The van der Waals surface area contributed by atoms with E-state index < -0.39 is 5.82 Å². The summed E-state index contributed by atoms with van der Waals surface area (Å²) in [5.74, 6) is 0.465. The van der Waals surface area contributed by atoms with Crippen molar-refractivity contribution < 1.29 is 4.39 Å². The topological polar surface area (TPSA) is 73.6 Å². The molecule has 0 aliphatic heterocycles. The summed E-state index contributed by atoms with van der Waals surface area (Å²) >= 11 is 5.78. The molecule has 0 saturated heterocycles. The van der Waals surface area contributed by atoms with E-state index in [1.807, 2.05) is 6.92 Å². The van der Waals surface area contributed by atoms with Gasteiger partial charge in [-0.1, -0.05) is 11.6 Å². The second-order valence-corrected chi connectivity index (χ2v) is 5.69. The van der Waals surface area contributed by atoms with Crippen molar-refractivity contribution in [3.63, 3.8) is 0 Å². The Labute approximate surface area is 149 Å². The highest BCUT2D eigenvalue weighted by atomic mass is 35.5. The molecular formula is C18H13ClFN5. The smallest absolute Gasteiger partial charge is 0.229 e. The average Bonchev–Trinajstić information content (AvgIpc) is 2.58. The van der Waals surface area contributed by atoms with Crippen LogP contribution in [0, 0.1) is 24.1 Å². The zero-order chi connectivity index (χ0) is 17.8. The summed E-state index contributed by atoms with van der Waals surface area (Å²) in [5, 5.41) is 15.0. The maximum atomic E-state index is 13.2. The van der Waals surface area contributed by atoms with Crippen LogP contribution in [0.4, 0.5) is 27.5 Å². The summed E-state index contributed by atoms with van der Waals surface area (Å²) in [7, 11) is 0. The summed E-state index contributed by atoms with van der Waals surface area (Å²) in [6.45, 7) is 1.84. The van der Waals surface area contributed by atoms with Crippen molar-refractivity contribution in [2.45, 2.75) is 6.92 Å². The van der Waals surface area contributed by atoms with E-state index in [1.54, 1.807) is 36.4 Å². The first-order chi connectivity index (χ1) is 12.0. The van der Waals surface area contributed by atoms with Crippen molar-refractivity contribution >= 4 is 34.7 Å². The van der Waals surface area contributed by atoms with Crippen LogP contribution in [0.2, 0.25) is 5.02 Å². The number of rotatable bonds is 4. The summed E-state index contributed by atoms with van der Waals surface area (Å²) in [4.78, 5) is 8.69. The molecular weight excluding hydrogens is 341 g/mol. The van der Waals surface area contributed by atoms with Gasteiger partial charge in [0.15, 0.2) is 0 Å². The molecule has 124 valence electrons. The number of nitriles is 1. The standard InChI is InChI=1S/C18H13ClFN5/c1-11-8-17(23-13-4-2-12(10-21)3-5-13)25-18(22-11)24-14-6-7-16(20)15(19)9-14/h2-9H,1H3,(H2,22,23,24,25). The summed E-state index contributed by atoms with van der Waals surface area (Å²) in [6.07, 6.45) is 0. The van der Waals surface area contributed by atoms with Gasteiger partial charge in [0.2, 0.25) is 5.95 Å². The van der Waals surface area contributed by atoms with Crippen LogP contribution >= 0.6 is 11.6 Å². The predicted octanol–water partition coefficient (Wildman–Crippen LogP) is 4.94. The van der Waals surface area contributed by atoms with E-state index in [2.05, 4.69) is 26.7 Å². The molecule has 0 bridgehead atoms. The minimum atomic E-state index is -0.486. The molecule has 2 aromatic carbocycles. The number of hydrogen-bond donors (Lipinski definition) is 2. The van der Waals surface area contributed by atoms with Crippen LogP contribution in [0.1, 0.15) is 11.3 Å². The van der Waals surface area contributed by atoms with Crippen LogP contribution in [0.15, 0.2) is 48.5 Å². The second kappa shape index (κ2) is 7.16. The fourth-order valence-corrected chi connectivity index (χ4v) is 2.35. The molecule has 25 heavy (non-hydrogen) atoms. The highest BCUT2D eigenvalue weighted by molar-refractivity contribution is 6.31. The Morgan fingerprint density at radius 2 is 1.72 bits per heavy atom. The van der Waals surface area contributed by atoms with Gasteiger partial charge < -0.3 is 10.6 Å². The quantitative estimate of drug-likeness (QED) is 0.695. The minimum Gasteiger partial charge on any atom is -0.340 e. The second-order valence-electron chi connectivity index (χ2n) is 5.29. The molecule has 0 saturated carbocycles. The Bertz CT molecular complexity index is 951. The molecule has 0 spiro atoms. The molecule has 0 unspecified atom stereocenters. The van der Waals surface area contributed by atoms with Gasteiger partial charge in [0.25, 0.3) is 0 Å². The maximum Gasteiger partial charge on any atom is 0.229 e. The number of anilines is 4. The Hall–Kier alpha value is -3.17. The highest BCUT2D eigenvalue weighted by Gasteiger charge is 2.06.